The van der Waals surface area contributed by atoms with Crippen LogP contribution in [0.3, 0.4) is 0 Å². The van der Waals surface area contributed by atoms with Crippen LogP contribution >= 0.6 is 11.3 Å². The summed E-state index contributed by atoms with van der Waals surface area (Å²) in [7, 11) is 0. The predicted octanol–water partition coefficient (Wildman–Crippen LogP) is 4.91. The Hall–Kier alpha value is -3.03. The molecule has 23 heavy (non-hydrogen) atoms. The Morgan fingerprint density at radius 2 is 1.83 bits per heavy atom. The second-order valence-electron chi connectivity index (χ2n) is 5.12. The molecule has 0 saturated heterocycles. The van der Waals surface area contributed by atoms with Gasteiger partial charge >= 0.3 is 0 Å². The van der Waals surface area contributed by atoms with Crippen LogP contribution in [0.15, 0.2) is 60.8 Å². The summed E-state index contributed by atoms with van der Waals surface area (Å²) in [6, 6.07) is 20.1. The van der Waals surface area contributed by atoms with Gasteiger partial charge in [-0.05, 0) is 35.9 Å². The summed E-state index contributed by atoms with van der Waals surface area (Å²) in [4.78, 5) is 8.98. The van der Waals surface area contributed by atoms with Gasteiger partial charge in [0.1, 0.15) is 11.1 Å². The highest BCUT2D eigenvalue weighted by Crippen LogP contribution is 2.28. The molecule has 2 heterocycles. The van der Waals surface area contributed by atoms with E-state index in [-0.39, 0.29) is 0 Å². The van der Waals surface area contributed by atoms with E-state index in [2.05, 4.69) is 16.0 Å². The SMILES string of the molecule is N#C/C(=C\c1cnc2ccccc2c1)c1nc2ccccc2s1. The monoisotopic (exact) mass is 313 g/mol. The van der Waals surface area contributed by atoms with Gasteiger partial charge in [-0.1, -0.05) is 30.3 Å². The number of allylic oxidation sites excluding steroid dienone is 1. The average molecular weight is 313 g/mol. The largest absolute Gasteiger partial charge is 0.256 e. The Balaban J connectivity index is 1.81. The van der Waals surface area contributed by atoms with Crippen molar-refractivity contribution < 1.29 is 0 Å². The average Bonchev–Trinajstić information content (AvgIpc) is 3.03. The van der Waals surface area contributed by atoms with E-state index in [9.17, 15) is 5.26 Å². The second-order valence-corrected chi connectivity index (χ2v) is 6.15. The molecule has 3 nitrogen and oxygen atoms in total. The molecule has 0 aliphatic carbocycles. The fraction of sp³-hybridized carbons (Fsp3) is 0. The van der Waals surface area contributed by atoms with Crippen LogP contribution in [0.1, 0.15) is 10.6 Å². The van der Waals surface area contributed by atoms with Crippen LogP contribution in [0.2, 0.25) is 0 Å². The summed E-state index contributed by atoms with van der Waals surface area (Å²) in [6.07, 6.45) is 3.63. The lowest BCUT2D eigenvalue weighted by Gasteiger charge is -1.99. The molecule has 0 aliphatic heterocycles. The van der Waals surface area contributed by atoms with Crippen LogP contribution in [0, 0.1) is 11.3 Å². The number of para-hydroxylation sites is 2. The zero-order chi connectivity index (χ0) is 15.6. The normalized spacial score (nSPS) is 11.7. The zero-order valence-electron chi connectivity index (χ0n) is 12.1. The van der Waals surface area contributed by atoms with E-state index in [1.807, 2.05) is 60.7 Å². The first-order chi connectivity index (χ1) is 11.3. The minimum absolute atomic E-state index is 0.559. The Kier molecular flexibility index (Phi) is 3.34. The summed E-state index contributed by atoms with van der Waals surface area (Å²) in [5.41, 5.74) is 3.33. The summed E-state index contributed by atoms with van der Waals surface area (Å²) in [6.45, 7) is 0. The molecular weight excluding hydrogens is 302 g/mol. The van der Waals surface area contributed by atoms with Crippen molar-refractivity contribution in [2.24, 2.45) is 0 Å². The van der Waals surface area contributed by atoms with Gasteiger partial charge in [-0.15, -0.1) is 11.3 Å². The number of fused-ring (bicyclic) bond motifs is 2. The van der Waals surface area contributed by atoms with Gasteiger partial charge in [0.15, 0.2) is 0 Å². The third-order valence-corrected chi connectivity index (χ3v) is 4.64. The number of aromatic nitrogens is 2. The Morgan fingerprint density at radius 3 is 2.65 bits per heavy atom. The number of hydrogen-bond acceptors (Lipinski definition) is 4. The molecular formula is C19H11N3S. The number of nitrogens with zero attached hydrogens (tertiary/aromatic N) is 3. The van der Waals surface area contributed by atoms with Gasteiger partial charge < -0.3 is 0 Å². The molecule has 2 aromatic carbocycles. The number of nitriles is 1. The third-order valence-electron chi connectivity index (χ3n) is 3.57. The highest BCUT2D eigenvalue weighted by atomic mass is 32.1. The first kappa shape index (κ1) is 13.6. The van der Waals surface area contributed by atoms with Gasteiger partial charge in [0.25, 0.3) is 0 Å². The minimum Gasteiger partial charge on any atom is -0.256 e. The molecule has 108 valence electrons. The maximum atomic E-state index is 9.51. The van der Waals surface area contributed by atoms with Gasteiger partial charge in [-0.25, -0.2) is 4.98 Å². The van der Waals surface area contributed by atoms with Crippen LogP contribution in [-0.2, 0) is 0 Å². The molecule has 4 heteroatoms. The Morgan fingerprint density at radius 1 is 1.04 bits per heavy atom. The van der Waals surface area contributed by atoms with Crippen LogP contribution in [-0.4, -0.2) is 9.97 Å². The van der Waals surface area contributed by atoms with Crippen LogP contribution < -0.4 is 0 Å². The molecule has 0 aliphatic rings. The van der Waals surface area contributed by atoms with E-state index in [4.69, 9.17) is 0 Å². The molecule has 2 aromatic heterocycles. The van der Waals surface area contributed by atoms with Crippen molar-refractivity contribution in [1.82, 2.24) is 9.97 Å². The lowest BCUT2D eigenvalue weighted by molar-refractivity contribution is 1.39. The lowest BCUT2D eigenvalue weighted by Crippen LogP contribution is -1.83. The molecule has 4 aromatic rings. The number of benzene rings is 2. The molecule has 0 atom stereocenters. The molecule has 0 fully saturated rings. The number of hydrogen-bond donors (Lipinski definition) is 0. The lowest BCUT2D eigenvalue weighted by atomic mass is 10.1. The van der Waals surface area contributed by atoms with Gasteiger partial charge in [-0.2, -0.15) is 5.26 Å². The number of thiazole rings is 1. The summed E-state index contributed by atoms with van der Waals surface area (Å²) < 4.78 is 1.08. The van der Waals surface area contributed by atoms with E-state index < -0.39 is 0 Å². The van der Waals surface area contributed by atoms with Crippen molar-refractivity contribution in [3.63, 3.8) is 0 Å². The fourth-order valence-corrected chi connectivity index (χ4v) is 3.39. The Labute approximate surface area is 137 Å². The smallest absolute Gasteiger partial charge is 0.135 e. The topological polar surface area (TPSA) is 49.6 Å². The second kappa shape index (κ2) is 5.64. The minimum atomic E-state index is 0.559. The summed E-state index contributed by atoms with van der Waals surface area (Å²) in [5, 5.41) is 11.3. The molecule has 4 rings (SSSR count). The first-order valence-corrected chi connectivity index (χ1v) is 7.98. The molecule has 0 radical (unpaired) electrons. The Bertz CT molecular complexity index is 1050. The van der Waals surface area contributed by atoms with Crippen molar-refractivity contribution in [3.8, 4) is 6.07 Å². The first-order valence-electron chi connectivity index (χ1n) is 7.16. The van der Waals surface area contributed by atoms with Crippen molar-refractivity contribution >= 4 is 44.1 Å². The van der Waals surface area contributed by atoms with E-state index >= 15 is 0 Å². The van der Waals surface area contributed by atoms with Gasteiger partial charge in [0.2, 0.25) is 0 Å². The highest BCUT2D eigenvalue weighted by Gasteiger charge is 2.08. The maximum Gasteiger partial charge on any atom is 0.135 e. The van der Waals surface area contributed by atoms with Crippen molar-refractivity contribution in [2.75, 3.05) is 0 Å². The third kappa shape index (κ3) is 2.59. The van der Waals surface area contributed by atoms with E-state index in [0.29, 0.717) is 5.57 Å². The summed E-state index contributed by atoms with van der Waals surface area (Å²) in [5.74, 6) is 0. The van der Waals surface area contributed by atoms with Crippen LogP contribution in [0.25, 0.3) is 32.8 Å². The fourth-order valence-electron chi connectivity index (χ4n) is 2.46. The standard InChI is InChI=1S/C19H11N3S/c20-11-15(19-22-17-7-3-4-8-18(17)23-19)10-13-9-14-5-1-2-6-16(14)21-12-13/h1-10,12H/b15-10+. The van der Waals surface area contributed by atoms with Crippen molar-refractivity contribution in [1.29, 1.82) is 5.26 Å². The molecule has 0 amide bonds. The van der Waals surface area contributed by atoms with Crippen molar-refractivity contribution in [3.05, 3.63) is 71.4 Å². The highest BCUT2D eigenvalue weighted by molar-refractivity contribution is 7.19. The van der Waals surface area contributed by atoms with Gasteiger partial charge in [0, 0.05) is 11.6 Å². The zero-order valence-corrected chi connectivity index (χ0v) is 12.9. The molecule has 0 bridgehead atoms. The van der Waals surface area contributed by atoms with Crippen LogP contribution in [0.4, 0.5) is 0 Å². The van der Waals surface area contributed by atoms with E-state index in [1.54, 1.807) is 6.20 Å². The molecule has 0 saturated carbocycles. The molecule has 0 N–H and O–H groups in total. The summed E-state index contributed by atoms with van der Waals surface area (Å²) >= 11 is 1.53. The van der Waals surface area contributed by atoms with Gasteiger partial charge in [-0.3, -0.25) is 4.98 Å². The van der Waals surface area contributed by atoms with E-state index in [1.165, 1.54) is 11.3 Å². The number of rotatable bonds is 2. The van der Waals surface area contributed by atoms with Crippen LogP contribution in [0.5, 0.6) is 0 Å². The van der Waals surface area contributed by atoms with Crippen molar-refractivity contribution in [2.45, 2.75) is 0 Å². The predicted molar refractivity (Wildman–Crippen MR) is 94.8 cm³/mol. The van der Waals surface area contributed by atoms with E-state index in [0.717, 1.165) is 31.7 Å². The quantitative estimate of drug-likeness (QED) is 0.494. The van der Waals surface area contributed by atoms with Gasteiger partial charge in [0.05, 0.1) is 21.3 Å². The number of pyridine rings is 1. The molecule has 0 spiro atoms. The maximum absolute atomic E-state index is 9.51. The molecule has 0 unspecified atom stereocenters.